The van der Waals surface area contributed by atoms with Gasteiger partial charge in [-0.05, 0) is 51.1 Å². The van der Waals surface area contributed by atoms with Gasteiger partial charge in [-0.2, -0.15) is 0 Å². The van der Waals surface area contributed by atoms with E-state index in [-0.39, 0.29) is 6.10 Å². The lowest BCUT2D eigenvalue weighted by atomic mass is 10.1. The Labute approximate surface area is 131 Å². The third-order valence-electron chi connectivity index (χ3n) is 2.92. The molecule has 0 fully saturated rings. The first-order valence-electron chi connectivity index (χ1n) is 7.51. The molecule has 0 amide bonds. The first kappa shape index (κ1) is 16.0. The summed E-state index contributed by atoms with van der Waals surface area (Å²) in [5.41, 5.74) is 0. The van der Waals surface area contributed by atoms with E-state index in [1.165, 1.54) is 4.90 Å². The van der Waals surface area contributed by atoms with Gasteiger partial charge in [0.15, 0.2) is 0 Å². The third kappa shape index (κ3) is 3.82. The molecule has 0 saturated heterocycles. The second-order valence-corrected chi connectivity index (χ2v) is 6.16. The molecule has 1 aromatic heterocycles. The van der Waals surface area contributed by atoms with Crippen molar-refractivity contribution < 1.29 is 9.47 Å². The zero-order chi connectivity index (χ0) is 15.2. The molecule has 0 radical (unpaired) electrons. The lowest BCUT2D eigenvalue weighted by Gasteiger charge is -2.15. The topological polar surface area (TPSA) is 31.4 Å². The minimum atomic E-state index is 0.112. The minimum Gasteiger partial charge on any atom is -0.493 e. The van der Waals surface area contributed by atoms with Crippen molar-refractivity contribution >= 4 is 22.5 Å². The van der Waals surface area contributed by atoms with E-state index in [1.807, 2.05) is 56.9 Å². The molecule has 1 heterocycles. The fourth-order valence-electron chi connectivity index (χ4n) is 2.12. The van der Waals surface area contributed by atoms with Gasteiger partial charge in [0, 0.05) is 17.0 Å². The maximum atomic E-state index is 5.83. The average molecular weight is 305 g/mol. The summed E-state index contributed by atoms with van der Waals surface area (Å²) < 4.78 is 11.6. The second-order valence-electron chi connectivity index (χ2n) is 5.05. The van der Waals surface area contributed by atoms with Gasteiger partial charge < -0.3 is 9.47 Å². The number of hydrogen-bond donors (Lipinski definition) is 0. The maximum Gasteiger partial charge on any atom is 0.221 e. The van der Waals surface area contributed by atoms with Crippen LogP contribution in [0.2, 0.25) is 0 Å². The number of ether oxygens (including phenoxy) is 2. The van der Waals surface area contributed by atoms with Crippen LogP contribution < -0.4 is 9.47 Å². The first-order chi connectivity index (χ1) is 10.2. The van der Waals surface area contributed by atoms with Crippen molar-refractivity contribution in [1.29, 1.82) is 0 Å². The fraction of sp³-hybridized carbons (Fsp3) is 0.471. The highest BCUT2D eigenvalue weighted by atomic mass is 32.2. The summed E-state index contributed by atoms with van der Waals surface area (Å²) in [6.07, 6.45) is 3.06. The highest BCUT2D eigenvalue weighted by Gasteiger charge is 2.13. The van der Waals surface area contributed by atoms with Crippen molar-refractivity contribution in [2.45, 2.75) is 45.1 Å². The van der Waals surface area contributed by atoms with Crippen LogP contribution in [0.1, 0.15) is 34.1 Å². The van der Waals surface area contributed by atoms with Gasteiger partial charge in [-0.3, -0.25) is 0 Å². The molecule has 0 spiro atoms. The van der Waals surface area contributed by atoms with Crippen molar-refractivity contribution in [3.8, 4) is 11.6 Å². The molecule has 114 valence electrons. The van der Waals surface area contributed by atoms with E-state index >= 15 is 0 Å². The van der Waals surface area contributed by atoms with Crippen molar-refractivity contribution in [2.75, 3.05) is 12.4 Å². The van der Waals surface area contributed by atoms with Gasteiger partial charge in [-0.15, -0.1) is 11.8 Å². The number of rotatable bonds is 7. The molecule has 0 aliphatic carbocycles. The van der Waals surface area contributed by atoms with E-state index in [2.05, 4.69) is 11.9 Å². The van der Waals surface area contributed by atoms with Crippen LogP contribution in [-0.4, -0.2) is 23.4 Å². The Balaban J connectivity index is 2.54. The molecule has 2 rings (SSSR count). The summed E-state index contributed by atoms with van der Waals surface area (Å²) in [4.78, 5) is 5.56. The average Bonchev–Trinajstić information content (AvgIpc) is 2.46. The number of hydrogen-bond acceptors (Lipinski definition) is 4. The monoisotopic (exact) mass is 305 g/mol. The van der Waals surface area contributed by atoms with Gasteiger partial charge in [0.05, 0.1) is 17.6 Å². The zero-order valence-electron chi connectivity index (χ0n) is 13.2. The van der Waals surface area contributed by atoms with E-state index in [1.54, 1.807) is 0 Å². The normalized spacial score (nSPS) is 11.1. The SMILES string of the molecule is CCCSc1c(OCC)ccc2c(OC(C)C)nccc12. The molecule has 0 N–H and O–H groups in total. The quantitative estimate of drug-likeness (QED) is 0.679. The van der Waals surface area contributed by atoms with Gasteiger partial charge in [-0.25, -0.2) is 4.98 Å². The van der Waals surface area contributed by atoms with E-state index in [0.717, 1.165) is 28.7 Å². The number of benzene rings is 1. The summed E-state index contributed by atoms with van der Waals surface area (Å²) in [6.45, 7) is 8.90. The van der Waals surface area contributed by atoms with E-state index in [4.69, 9.17) is 9.47 Å². The van der Waals surface area contributed by atoms with Gasteiger partial charge >= 0.3 is 0 Å². The van der Waals surface area contributed by atoms with Crippen molar-refractivity contribution in [3.05, 3.63) is 24.4 Å². The Kier molecular flexibility index (Phi) is 5.74. The van der Waals surface area contributed by atoms with Gasteiger partial charge in [-0.1, -0.05) is 6.92 Å². The summed E-state index contributed by atoms with van der Waals surface area (Å²) in [5.74, 6) is 2.72. The number of thioether (sulfide) groups is 1. The molecule has 2 aromatic rings. The number of pyridine rings is 1. The first-order valence-corrected chi connectivity index (χ1v) is 8.49. The van der Waals surface area contributed by atoms with E-state index in [9.17, 15) is 0 Å². The highest BCUT2D eigenvalue weighted by molar-refractivity contribution is 7.99. The Morgan fingerprint density at radius 3 is 2.62 bits per heavy atom. The molecule has 0 aliphatic rings. The molecular weight excluding hydrogens is 282 g/mol. The van der Waals surface area contributed by atoms with Gasteiger partial charge in [0.25, 0.3) is 0 Å². The molecule has 3 nitrogen and oxygen atoms in total. The molecule has 1 aromatic carbocycles. The summed E-state index contributed by atoms with van der Waals surface area (Å²) in [5, 5.41) is 2.21. The predicted molar refractivity (Wildman–Crippen MR) is 89.7 cm³/mol. The molecule has 0 unspecified atom stereocenters. The zero-order valence-corrected chi connectivity index (χ0v) is 14.0. The van der Waals surface area contributed by atoms with E-state index in [0.29, 0.717) is 12.5 Å². The Morgan fingerprint density at radius 2 is 1.95 bits per heavy atom. The van der Waals surface area contributed by atoms with Crippen LogP contribution in [0, 0.1) is 0 Å². The fourth-order valence-corrected chi connectivity index (χ4v) is 3.13. The lowest BCUT2D eigenvalue weighted by molar-refractivity contribution is 0.236. The highest BCUT2D eigenvalue weighted by Crippen LogP contribution is 2.39. The number of aromatic nitrogens is 1. The number of nitrogens with zero attached hydrogens (tertiary/aromatic N) is 1. The van der Waals surface area contributed by atoms with E-state index < -0.39 is 0 Å². The molecule has 0 atom stereocenters. The number of fused-ring (bicyclic) bond motifs is 1. The molecule has 21 heavy (non-hydrogen) atoms. The van der Waals surface area contributed by atoms with Crippen molar-refractivity contribution in [2.24, 2.45) is 0 Å². The molecule has 4 heteroatoms. The predicted octanol–water partition coefficient (Wildman–Crippen LogP) is 4.92. The summed E-state index contributed by atoms with van der Waals surface area (Å²) >= 11 is 1.84. The van der Waals surface area contributed by atoms with Crippen LogP contribution >= 0.6 is 11.8 Å². The van der Waals surface area contributed by atoms with Crippen molar-refractivity contribution in [3.63, 3.8) is 0 Å². The molecule has 0 bridgehead atoms. The molecule has 0 aliphatic heterocycles. The van der Waals surface area contributed by atoms with Crippen molar-refractivity contribution in [1.82, 2.24) is 4.98 Å². The van der Waals surface area contributed by atoms with Crippen LogP contribution in [0.25, 0.3) is 10.8 Å². The lowest BCUT2D eigenvalue weighted by Crippen LogP contribution is -2.07. The summed E-state index contributed by atoms with van der Waals surface area (Å²) in [7, 11) is 0. The standard InChI is InChI=1S/C17H23NO2S/c1-5-11-21-16-13-9-10-18-17(20-12(3)4)14(13)7-8-15(16)19-6-2/h7-10,12H,5-6,11H2,1-4H3. The Morgan fingerprint density at radius 1 is 1.14 bits per heavy atom. The van der Waals surface area contributed by atoms with Crippen LogP contribution in [0.5, 0.6) is 11.6 Å². The van der Waals surface area contributed by atoms with Crippen LogP contribution in [-0.2, 0) is 0 Å². The Hall–Kier alpha value is -1.42. The Bertz CT molecular complexity index is 599. The van der Waals surface area contributed by atoms with Crippen LogP contribution in [0.3, 0.4) is 0 Å². The van der Waals surface area contributed by atoms with Gasteiger partial charge in [0.1, 0.15) is 5.75 Å². The van der Waals surface area contributed by atoms with Crippen LogP contribution in [0.15, 0.2) is 29.3 Å². The smallest absolute Gasteiger partial charge is 0.221 e. The van der Waals surface area contributed by atoms with Crippen LogP contribution in [0.4, 0.5) is 0 Å². The minimum absolute atomic E-state index is 0.112. The molecule has 0 saturated carbocycles. The maximum absolute atomic E-state index is 5.83. The largest absolute Gasteiger partial charge is 0.493 e. The molecular formula is C17H23NO2S. The van der Waals surface area contributed by atoms with Gasteiger partial charge in [0.2, 0.25) is 5.88 Å². The second kappa shape index (κ2) is 7.55. The summed E-state index contributed by atoms with van der Waals surface area (Å²) in [6, 6.07) is 6.11. The third-order valence-corrected chi connectivity index (χ3v) is 4.24.